The maximum absolute atomic E-state index is 14.0. The molecule has 0 saturated heterocycles. The molecule has 1 aromatic rings. The Morgan fingerprint density at radius 1 is 1.20 bits per heavy atom. The van der Waals surface area contributed by atoms with E-state index in [2.05, 4.69) is 24.1 Å². The highest BCUT2D eigenvalue weighted by atomic mass is 19.1. The number of hydrogen-bond donors (Lipinski definition) is 1. The molecule has 0 unspecified atom stereocenters. The van der Waals surface area contributed by atoms with E-state index in [1.165, 1.54) is 0 Å². The van der Waals surface area contributed by atoms with Crippen molar-refractivity contribution in [2.45, 2.75) is 33.2 Å². The number of rotatable bonds is 10. The summed E-state index contributed by atoms with van der Waals surface area (Å²) in [5, 5.41) is 3.29. The summed E-state index contributed by atoms with van der Waals surface area (Å²) in [6, 6.07) is 5.37. The van der Waals surface area contributed by atoms with Crippen molar-refractivity contribution >= 4 is 5.69 Å². The number of benzene rings is 1. The highest BCUT2D eigenvalue weighted by Crippen LogP contribution is 2.21. The van der Waals surface area contributed by atoms with Crippen molar-refractivity contribution in [3.8, 4) is 0 Å². The Bertz CT molecular complexity index is 379. The van der Waals surface area contributed by atoms with Crippen LogP contribution in [0.25, 0.3) is 0 Å². The van der Waals surface area contributed by atoms with Crippen LogP contribution in [0.4, 0.5) is 10.1 Å². The third-order valence-electron chi connectivity index (χ3n) is 3.15. The Balaban J connectivity index is 2.73. The minimum absolute atomic E-state index is 0.132. The summed E-state index contributed by atoms with van der Waals surface area (Å²) < 4.78 is 19.0. The van der Waals surface area contributed by atoms with E-state index in [0.29, 0.717) is 6.61 Å². The summed E-state index contributed by atoms with van der Waals surface area (Å²) >= 11 is 0. The third-order valence-corrected chi connectivity index (χ3v) is 3.15. The van der Waals surface area contributed by atoms with E-state index >= 15 is 0 Å². The zero-order chi connectivity index (χ0) is 14.8. The molecule has 1 N–H and O–H groups in total. The fraction of sp³-hybridized carbons (Fsp3) is 0.625. The van der Waals surface area contributed by atoms with Crippen molar-refractivity contribution < 1.29 is 9.13 Å². The molecule has 0 bridgehead atoms. The molecule has 0 heterocycles. The van der Waals surface area contributed by atoms with Gasteiger partial charge in [0.1, 0.15) is 5.82 Å². The monoisotopic (exact) mass is 282 g/mol. The van der Waals surface area contributed by atoms with Crippen LogP contribution in [0.3, 0.4) is 0 Å². The second kappa shape index (κ2) is 9.72. The first-order valence-electron chi connectivity index (χ1n) is 7.45. The molecule has 0 saturated carbocycles. The number of anilines is 1. The largest absolute Gasteiger partial charge is 0.383 e. The topological polar surface area (TPSA) is 24.5 Å². The van der Waals surface area contributed by atoms with Gasteiger partial charge in [-0.3, -0.25) is 0 Å². The van der Waals surface area contributed by atoms with E-state index in [1.54, 1.807) is 13.2 Å². The van der Waals surface area contributed by atoms with Gasteiger partial charge >= 0.3 is 0 Å². The fourth-order valence-electron chi connectivity index (χ4n) is 2.21. The van der Waals surface area contributed by atoms with E-state index < -0.39 is 0 Å². The maximum atomic E-state index is 14.0. The minimum atomic E-state index is -0.132. The lowest BCUT2D eigenvalue weighted by atomic mass is 10.1. The zero-order valence-corrected chi connectivity index (χ0v) is 12.9. The molecule has 20 heavy (non-hydrogen) atoms. The van der Waals surface area contributed by atoms with Crippen molar-refractivity contribution in [1.29, 1.82) is 0 Å². The lowest BCUT2D eigenvalue weighted by molar-refractivity contribution is 0.199. The highest BCUT2D eigenvalue weighted by molar-refractivity contribution is 5.50. The molecule has 0 radical (unpaired) electrons. The van der Waals surface area contributed by atoms with Gasteiger partial charge in [0.25, 0.3) is 0 Å². The molecular formula is C16H27FN2O. The van der Waals surface area contributed by atoms with E-state index in [-0.39, 0.29) is 5.82 Å². The van der Waals surface area contributed by atoms with Crippen LogP contribution < -0.4 is 10.2 Å². The molecule has 0 spiro atoms. The molecule has 3 nitrogen and oxygen atoms in total. The van der Waals surface area contributed by atoms with Gasteiger partial charge in [0.15, 0.2) is 0 Å². The first-order chi connectivity index (χ1) is 9.72. The van der Waals surface area contributed by atoms with Gasteiger partial charge in [-0.05, 0) is 30.5 Å². The smallest absolute Gasteiger partial charge is 0.146 e. The van der Waals surface area contributed by atoms with Gasteiger partial charge in [-0.25, -0.2) is 4.39 Å². The van der Waals surface area contributed by atoms with Gasteiger partial charge in [-0.15, -0.1) is 0 Å². The molecule has 0 fully saturated rings. The third kappa shape index (κ3) is 5.47. The summed E-state index contributed by atoms with van der Waals surface area (Å²) in [6.07, 6.45) is 2.05. The fourth-order valence-corrected chi connectivity index (χ4v) is 2.21. The SMILES string of the molecule is CCCN(CCC)c1cc(CNCCOC)ccc1F. The van der Waals surface area contributed by atoms with Crippen LogP contribution >= 0.6 is 0 Å². The van der Waals surface area contributed by atoms with Crippen LogP contribution in [0.2, 0.25) is 0 Å². The van der Waals surface area contributed by atoms with Crippen LogP contribution in [0.15, 0.2) is 18.2 Å². The van der Waals surface area contributed by atoms with Gasteiger partial charge in [-0.2, -0.15) is 0 Å². The summed E-state index contributed by atoms with van der Waals surface area (Å²) in [5.41, 5.74) is 1.83. The highest BCUT2D eigenvalue weighted by Gasteiger charge is 2.11. The first-order valence-corrected chi connectivity index (χ1v) is 7.45. The van der Waals surface area contributed by atoms with Crippen LogP contribution in [0, 0.1) is 5.82 Å². The Kier molecular flexibility index (Phi) is 8.23. The van der Waals surface area contributed by atoms with Crippen LogP contribution in [0.5, 0.6) is 0 Å². The van der Waals surface area contributed by atoms with Gasteiger partial charge in [0, 0.05) is 33.3 Å². The predicted octanol–water partition coefficient (Wildman–Crippen LogP) is 3.19. The molecule has 0 aliphatic heterocycles. The van der Waals surface area contributed by atoms with Crippen molar-refractivity contribution in [2.24, 2.45) is 0 Å². The number of methoxy groups -OCH3 is 1. The molecule has 0 aliphatic rings. The second-order valence-corrected chi connectivity index (χ2v) is 4.94. The second-order valence-electron chi connectivity index (χ2n) is 4.94. The Hall–Kier alpha value is -1.13. The average Bonchev–Trinajstić information content (AvgIpc) is 2.45. The van der Waals surface area contributed by atoms with Gasteiger partial charge < -0.3 is 15.0 Å². The van der Waals surface area contributed by atoms with Crippen LogP contribution in [0.1, 0.15) is 32.3 Å². The molecule has 0 amide bonds. The molecule has 0 atom stereocenters. The molecule has 114 valence electrons. The normalized spacial score (nSPS) is 10.8. The Labute approximate surface area is 122 Å². The van der Waals surface area contributed by atoms with E-state index in [1.807, 2.05) is 12.1 Å². The Morgan fingerprint density at radius 2 is 1.90 bits per heavy atom. The average molecular weight is 282 g/mol. The Morgan fingerprint density at radius 3 is 2.50 bits per heavy atom. The minimum Gasteiger partial charge on any atom is -0.383 e. The standard InChI is InChI=1S/C16H27FN2O/c1-4-9-19(10-5-2)16-12-14(6-7-15(16)17)13-18-8-11-20-3/h6-7,12,18H,4-5,8-11,13H2,1-3H3. The quantitative estimate of drug-likeness (QED) is 0.667. The number of nitrogens with one attached hydrogen (secondary N) is 1. The van der Waals surface area contributed by atoms with E-state index in [0.717, 1.165) is 50.3 Å². The first kappa shape index (κ1) is 16.9. The number of halogens is 1. The number of ether oxygens (including phenoxy) is 1. The summed E-state index contributed by atoms with van der Waals surface area (Å²) in [4.78, 5) is 2.13. The number of nitrogens with zero attached hydrogens (tertiary/aromatic N) is 1. The van der Waals surface area contributed by atoms with Gasteiger partial charge in [0.05, 0.1) is 12.3 Å². The summed E-state index contributed by atoms with van der Waals surface area (Å²) in [6.45, 7) is 8.26. The lowest BCUT2D eigenvalue weighted by Gasteiger charge is -2.25. The molecule has 1 rings (SSSR count). The van der Waals surface area contributed by atoms with Crippen molar-refractivity contribution in [1.82, 2.24) is 5.32 Å². The lowest BCUT2D eigenvalue weighted by Crippen LogP contribution is -2.26. The summed E-state index contributed by atoms with van der Waals surface area (Å²) in [7, 11) is 1.69. The van der Waals surface area contributed by atoms with E-state index in [4.69, 9.17) is 4.74 Å². The predicted molar refractivity (Wildman–Crippen MR) is 82.8 cm³/mol. The molecular weight excluding hydrogens is 255 g/mol. The van der Waals surface area contributed by atoms with Crippen LogP contribution in [-0.2, 0) is 11.3 Å². The van der Waals surface area contributed by atoms with Gasteiger partial charge in [0.2, 0.25) is 0 Å². The molecule has 0 aliphatic carbocycles. The zero-order valence-electron chi connectivity index (χ0n) is 12.9. The molecule has 0 aromatic heterocycles. The van der Waals surface area contributed by atoms with Gasteiger partial charge in [-0.1, -0.05) is 19.9 Å². The van der Waals surface area contributed by atoms with E-state index in [9.17, 15) is 4.39 Å². The van der Waals surface area contributed by atoms with Crippen LogP contribution in [-0.4, -0.2) is 33.4 Å². The van der Waals surface area contributed by atoms with Crippen molar-refractivity contribution in [3.63, 3.8) is 0 Å². The number of hydrogen-bond acceptors (Lipinski definition) is 3. The molecule has 1 aromatic carbocycles. The molecule has 4 heteroatoms. The van der Waals surface area contributed by atoms with Crippen molar-refractivity contribution in [2.75, 3.05) is 38.3 Å². The summed E-state index contributed by atoms with van der Waals surface area (Å²) in [5.74, 6) is -0.132. The van der Waals surface area contributed by atoms with Crippen molar-refractivity contribution in [3.05, 3.63) is 29.6 Å². The maximum Gasteiger partial charge on any atom is 0.146 e.